The van der Waals surface area contributed by atoms with Crippen LogP contribution >= 0.6 is 0 Å². The number of rotatable bonds is 2. The number of nitrogens with zero attached hydrogens (tertiary/aromatic N) is 1. The minimum absolute atomic E-state index is 0.611. The maximum absolute atomic E-state index is 5.54. The fourth-order valence-electron chi connectivity index (χ4n) is 3.19. The van der Waals surface area contributed by atoms with Gasteiger partial charge in [-0.1, -0.05) is 18.0 Å². The van der Waals surface area contributed by atoms with Crippen LogP contribution in [0.15, 0.2) is 10.7 Å². The van der Waals surface area contributed by atoms with Gasteiger partial charge in [0.05, 0.1) is 6.20 Å². The third kappa shape index (κ3) is 1.88. The van der Waals surface area contributed by atoms with Crippen LogP contribution in [0.5, 0.6) is 0 Å². The molecule has 1 aromatic heterocycles. The fraction of sp³-hybridized carbons (Fsp3) is 0.769. The van der Waals surface area contributed by atoms with Crippen molar-refractivity contribution in [3.8, 4) is 0 Å². The van der Waals surface area contributed by atoms with Gasteiger partial charge in [0, 0.05) is 11.5 Å². The minimum atomic E-state index is 0.611. The summed E-state index contributed by atoms with van der Waals surface area (Å²) in [5, 5.41) is 7.45. The molecule has 1 saturated carbocycles. The van der Waals surface area contributed by atoms with Gasteiger partial charge in [0.15, 0.2) is 0 Å². The minimum Gasteiger partial charge on any atom is -0.361 e. The molecule has 88 valence electrons. The summed E-state index contributed by atoms with van der Waals surface area (Å²) in [6, 6.07) is 0. The van der Waals surface area contributed by atoms with E-state index in [-0.39, 0.29) is 0 Å². The number of hydrogen-bond acceptors (Lipinski definition) is 3. The first-order valence-corrected chi connectivity index (χ1v) is 6.60. The van der Waals surface area contributed by atoms with Crippen LogP contribution in [0.1, 0.15) is 61.7 Å². The van der Waals surface area contributed by atoms with Crippen LogP contribution in [-0.4, -0.2) is 18.2 Å². The van der Waals surface area contributed by atoms with E-state index in [1.54, 1.807) is 0 Å². The van der Waals surface area contributed by atoms with Gasteiger partial charge in [-0.3, -0.25) is 0 Å². The van der Waals surface area contributed by atoms with Gasteiger partial charge < -0.3 is 9.84 Å². The van der Waals surface area contributed by atoms with Gasteiger partial charge in [-0.2, -0.15) is 0 Å². The number of piperidine rings is 1. The highest BCUT2D eigenvalue weighted by Crippen LogP contribution is 2.39. The highest BCUT2D eigenvalue weighted by atomic mass is 16.5. The van der Waals surface area contributed by atoms with Crippen LogP contribution in [0.4, 0.5) is 0 Å². The molecule has 2 aliphatic rings. The highest BCUT2D eigenvalue weighted by Gasteiger charge is 2.27. The van der Waals surface area contributed by atoms with Crippen molar-refractivity contribution in [1.29, 1.82) is 0 Å². The predicted octanol–water partition coefficient (Wildman–Crippen LogP) is 2.80. The van der Waals surface area contributed by atoms with Crippen molar-refractivity contribution in [3.05, 3.63) is 17.5 Å². The molecule has 0 amide bonds. The van der Waals surface area contributed by atoms with Gasteiger partial charge in [0.1, 0.15) is 5.76 Å². The van der Waals surface area contributed by atoms with Crippen molar-refractivity contribution in [3.63, 3.8) is 0 Å². The SMILES string of the molecule is c1noc(C2CCNCC2)c1C1CCCC1. The Bertz CT molecular complexity index is 335. The topological polar surface area (TPSA) is 38.1 Å². The van der Waals surface area contributed by atoms with Crippen molar-refractivity contribution < 1.29 is 4.52 Å². The Morgan fingerprint density at radius 2 is 1.81 bits per heavy atom. The average Bonchev–Trinajstić information content (AvgIpc) is 3.01. The first kappa shape index (κ1) is 10.3. The molecule has 0 atom stereocenters. The summed E-state index contributed by atoms with van der Waals surface area (Å²) in [6.07, 6.45) is 9.80. The normalized spacial score (nSPS) is 24.0. The average molecular weight is 220 g/mol. The Morgan fingerprint density at radius 1 is 1.06 bits per heavy atom. The third-order valence-corrected chi connectivity index (χ3v) is 4.13. The lowest BCUT2D eigenvalue weighted by molar-refractivity contribution is 0.324. The van der Waals surface area contributed by atoms with E-state index in [1.165, 1.54) is 49.8 Å². The standard InChI is InChI=1S/C13H20N2O/c1-2-4-10(3-1)12-9-15-16-13(12)11-5-7-14-8-6-11/h9-11,14H,1-8H2. The summed E-state index contributed by atoms with van der Waals surface area (Å²) in [6.45, 7) is 2.24. The molecule has 0 unspecified atom stereocenters. The summed E-state index contributed by atoms with van der Waals surface area (Å²) in [5.74, 6) is 2.55. The zero-order valence-electron chi connectivity index (χ0n) is 9.74. The van der Waals surface area contributed by atoms with E-state index >= 15 is 0 Å². The monoisotopic (exact) mass is 220 g/mol. The van der Waals surface area contributed by atoms with E-state index in [9.17, 15) is 0 Å². The Morgan fingerprint density at radius 3 is 2.56 bits per heavy atom. The maximum Gasteiger partial charge on any atom is 0.143 e. The fourth-order valence-corrected chi connectivity index (χ4v) is 3.19. The molecule has 1 aliphatic heterocycles. The number of hydrogen-bond donors (Lipinski definition) is 1. The van der Waals surface area contributed by atoms with Crippen LogP contribution in [0.3, 0.4) is 0 Å². The van der Waals surface area contributed by atoms with Gasteiger partial charge in [0.25, 0.3) is 0 Å². The Kier molecular flexibility index (Phi) is 2.96. The molecule has 3 heteroatoms. The molecule has 1 aromatic rings. The molecule has 2 heterocycles. The Hall–Kier alpha value is -0.830. The summed E-state index contributed by atoms with van der Waals surface area (Å²) < 4.78 is 5.54. The molecule has 0 aromatic carbocycles. The van der Waals surface area contributed by atoms with E-state index in [2.05, 4.69) is 10.5 Å². The summed E-state index contributed by atoms with van der Waals surface area (Å²) in [4.78, 5) is 0. The number of nitrogens with one attached hydrogen (secondary N) is 1. The third-order valence-electron chi connectivity index (χ3n) is 4.13. The molecule has 0 spiro atoms. The molecular weight excluding hydrogens is 200 g/mol. The molecule has 0 radical (unpaired) electrons. The van der Waals surface area contributed by atoms with Crippen LogP contribution in [0, 0.1) is 0 Å². The van der Waals surface area contributed by atoms with Crippen LogP contribution in [0.2, 0.25) is 0 Å². The second-order valence-electron chi connectivity index (χ2n) is 5.15. The largest absolute Gasteiger partial charge is 0.361 e. The lowest BCUT2D eigenvalue weighted by atomic mass is 9.88. The molecule has 1 N–H and O–H groups in total. The molecule has 2 fully saturated rings. The van der Waals surface area contributed by atoms with Gasteiger partial charge in [-0.25, -0.2) is 0 Å². The van der Waals surface area contributed by atoms with Crippen molar-refractivity contribution in [2.45, 2.75) is 50.4 Å². The first-order chi connectivity index (χ1) is 7.95. The quantitative estimate of drug-likeness (QED) is 0.832. The zero-order chi connectivity index (χ0) is 10.8. The van der Waals surface area contributed by atoms with Crippen molar-refractivity contribution in [1.82, 2.24) is 10.5 Å². The van der Waals surface area contributed by atoms with Gasteiger partial charge in [0.2, 0.25) is 0 Å². The summed E-state index contributed by atoms with van der Waals surface area (Å²) in [7, 11) is 0. The molecular formula is C13H20N2O. The number of aromatic nitrogens is 1. The summed E-state index contributed by atoms with van der Waals surface area (Å²) >= 11 is 0. The Balaban J connectivity index is 1.80. The zero-order valence-corrected chi connectivity index (χ0v) is 9.74. The van der Waals surface area contributed by atoms with E-state index in [4.69, 9.17) is 4.52 Å². The van der Waals surface area contributed by atoms with E-state index in [0.29, 0.717) is 5.92 Å². The molecule has 3 rings (SSSR count). The smallest absolute Gasteiger partial charge is 0.143 e. The predicted molar refractivity (Wildman–Crippen MR) is 62.6 cm³/mol. The summed E-state index contributed by atoms with van der Waals surface area (Å²) in [5.41, 5.74) is 1.42. The lowest BCUT2D eigenvalue weighted by Gasteiger charge is -2.22. The molecule has 1 aliphatic carbocycles. The maximum atomic E-state index is 5.54. The van der Waals surface area contributed by atoms with E-state index < -0.39 is 0 Å². The van der Waals surface area contributed by atoms with Gasteiger partial charge in [-0.15, -0.1) is 0 Å². The van der Waals surface area contributed by atoms with Gasteiger partial charge in [-0.05, 0) is 44.7 Å². The second-order valence-corrected chi connectivity index (χ2v) is 5.15. The van der Waals surface area contributed by atoms with Gasteiger partial charge >= 0.3 is 0 Å². The molecule has 1 saturated heterocycles. The highest BCUT2D eigenvalue weighted by molar-refractivity contribution is 5.23. The van der Waals surface area contributed by atoms with Crippen molar-refractivity contribution in [2.75, 3.05) is 13.1 Å². The molecule has 3 nitrogen and oxygen atoms in total. The second kappa shape index (κ2) is 4.58. The van der Waals surface area contributed by atoms with Crippen molar-refractivity contribution >= 4 is 0 Å². The van der Waals surface area contributed by atoms with Crippen LogP contribution in [-0.2, 0) is 0 Å². The first-order valence-electron chi connectivity index (χ1n) is 6.60. The Labute approximate surface area is 96.6 Å². The van der Waals surface area contributed by atoms with Crippen LogP contribution < -0.4 is 5.32 Å². The van der Waals surface area contributed by atoms with Crippen LogP contribution in [0.25, 0.3) is 0 Å². The molecule has 0 bridgehead atoms. The van der Waals surface area contributed by atoms with Crippen molar-refractivity contribution in [2.24, 2.45) is 0 Å². The molecule has 16 heavy (non-hydrogen) atoms. The lowest BCUT2D eigenvalue weighted by Crippen LogP contribution is -2.26. The van der Waals surface area contributed by atoms with E-state index in [1.807, 2.05) is 6.20 Å². The van der Waals surface area contributed by atoms with E-state index in [0.717, 1.165) is 19.0 Å².